The largest absolute Gasteiger partial charge is 0.396 e. The molecule has 0 fully saturated rings. The summed E-state index contributed by atoms with van der Waals surface area (Å²) in [5, 5.41) is 23.1. The number of non-ortho nitro benzene ring substituents is 1. The molecule has 1 N–H and O–H groups in total. The Morgan fingerprint density at radius 1 is 1.48 bits per heavy atom. The molecule has 1 aromatic heterocycles. The summed E-state index contributed by atoms with van der Waals surface area (Å²) in [6, 6.07) is 5.04. The second kappa shape index (κ2) is 6.96. The summed E-state index contributed by atoms with van der Waals surface area (Å²) in [7, 11) is 0. The van der Waals surface area contributed by atoms with Gasteiger partial charge in [0.25, 0.3) is 5.69 Å². The predicted molar refractivity (Wildman–Crippen MR) is 93.8 cm³/mol. The first kappa shape index (κ1) is 17.2. The third-order valence-electron chi connectivity index (χ3n) is 4.34. The average Bonchev–Trinajstić information content (AvgIpc) is 2.78. The molecule has 0 aliphatic carbocycles. The zero-order valence-electron chi connectivity index (χ0n) is 14.0. The maximum atomic E-state index is 11.1. The zero-order valence-corrected chi connectivity index (χ0v) is 14.0. The first-order valence-corrected chi connectivity index (χ1v) is 8.00. The molecule has 1 heterocycles. The summed E-state index contributed by atoms with van der Waals surface area (Å²) >= 11 is 0. The highest BCUT2D eigenvalue weighted by atomic mass is 16.6. The fourth-order valence-corrected chi connectivity index (χ4v) is 3.26. The molecule has 0 amide bonds. The highest BCUT2D eigenvalue weighted by Crippen LogP contribution is 2.22. The van der Waals surface area contributed by atoms with E-state index in [2.05, 4.69) is 25.0 Å². The Balaban J connectivity index is 2.89. The van der Waals surface area contributed by atoms with Crippen LogP contribution in [0.1, 0.15) is 46.1 Å². The predicted octanol–water partition coefficient (Wildman–Crippen LogP) is 2.87. The van der Waals surface area contributed by atoms with Gasteiger partial charge < -0.3 is 9.67 Å². The van der Waals surface area contributed by atoms with Gasteiger partial charge in [0.15, 0.2) is 0 Å². The molecule has 0 saturated carbocycles. The van der Waals surface area contributed by atoms with Gasteiger partial charge in [-0.1, -0.05) is 25.5 Å². The third kappa shape index (κ3) is 3.15. The minimum atomic E-state index is -0.365. The summed E-state index contributed by atoms with van der Waals surface area (Å²) in [6.45, 7) is 10.5. The van der Waals surface area contributed by atoms with Crippen molar-refractivity contribution < 1.29 is 10.0 Å². The monoisotopic (exact) mass is 316 g/mol. The molecule has 1 atom stereocenters. The Labute approximate surface area is 135 Å². The number of aliphatic hydroxyl groups is 1. The van der Waals surface area contributed by atoms with Crippen LogP contribution in [0.4, 0.5) is 5.69 Å². The average molecular weight is 316 g/mol. The fourth-order valence-electron chi connectivity index (χ4n) is 3.26. The molecule has 0 radical (unpaired) electrons. The van der Waals surface area contributed by atoms with Crippen LogP contribution in [0.3, 0.4) is 0 Å². The summed E-state index contributed by atoms with van der Waals surface area (Å²) in [6.07, 6.45) is 2.56. The highest BCUT2D eigenvalue weighted by Gasteiger charge is 2.16. The molecule has 5 heteroatoms. The number of hydrogen-bond donors (Lipinski definition) is 1. The van der Waals surface area contributed by atoms with Gasteiger partial charge in [0.05, 0.1) is 4.92 Å². The lowest BCUT2D eigenvalue weighted by Gasteiger charge is -2.14. The van der Waals surface area contributed by atoms with Gasteiger partial charge in [0.1, 0.15) is 0 Å². The molecule has 2 rings (SSSR count). The summed E-state index contributed by atoms with van der Waals surface area (Å²) in [5.74, 6) is 0. The van der Waals surface area contributed by atoms with E-state index in [1.54, 1.807) is 12.1 Å². The fraction of sp³-hybridized carbons (Fsp3) is 0.444. The lowest BCUT2D eigenvalue weighted by atomic mass is 10.1. The van der Waals surface area contributed by atoms with Crippen molar-refractivity contribution in [3.63, 3.8) is 0 Å². The van der Waals surface area contributed by atoms with Gasteiger partial charge in [0, 0.05) is 46.3 Å². The number of aliphatic hydroxyl groups excluding tert-OH is 1. The minimum absolute atomic E-state index is 0.0830. The van der Waals surface area contributed by atoms with Crippen LogP contribution in [-0.4, -0.2) is 21.2 Å². The molecular formula is C18H24N2O3. The van der Waals surface area contributed by atoms with Crippen LogP contribution in [0.2, 0.25) is 0 Å². The molecule has 1 unspecified atom stereocenters. The Bertz CT molecular complexity index is 836. The molecule has 124 valence electrons. The van der Waals surface area contributed by atoms with Crippen molar-refractivity contribution in [1.82, 2.24) is 4.57 Å². The molecule has 0 aliphatic heterocycles. The van der Waals surface area contributed by atoms with Gasteiger partial charge in [0.2, 0.25) is 0 Å². The first-order valence-electron chi connectivity index (χ1n) is 8.00. The van der Waals surface area contributed by atoms with E-state index in [1.165, 1.54) is 11.6 Å². The van der Waals surface area contributed by atoms with Gasteiger partial charge >= 0.3 is 0 Å². The normalized spacial score (nSPS) is 14.1. The topological polar surface area (TPSA) is 68.3 Å². The van der Waals surface area contributed by atoms with E-state index >= 15 is 0 Å². The number of fused-ring (bicyclic) bond motifs is 1. The van der Waals surface area contributed by atoms with Crippen molar-refractivity contribution in [3.05, 3.63) is 38.9 Å². The summed E-state index contributed by atoms with van der Waals surface area (Å²) in [5.41, 5.74) is 2.22. The van der Waals surface area contributed by atoms with E-state index in [9.17, 15) is 15.2 Å². The van der Waals surface area contributed by atoms with Crippen molar-refractivity contribution >= 4 is 28.7 Å². The summed E-state index contributed by atoms with van der Waals surface area (Å²) < 4.78 is 2.09. The van der Waals surface area contributed by atoms with Crippen molar-refractivity contribution in [2.24, 2.45) is 0 Å². The second-order valence-corrected chi connectivity index (χ2v) is 6.04. The lowest BCUT2D eigenvalue weighted by Crippen LogP contribution is -2.31. The minimum Gasteiger partial charge on any atom is -0.396 e. The van der Waals surface area contributed by atoms with Gasteiger partial charge in [-0.2, -0.15) is 0 Å². The van der Waals surface area contributed by atoms with E-state index < -0.39 is 0 Å². The quantitative estimate of drug-likeness (QED) is 0.658. The van der Waals surface area contributed by atoms with Gasteiger partial charge in [-0.15, -0.1) is 0 Å². The molecule has 0 aliphatic rings. The van der Waals surface area contributed by atoms with Crippen molar-refractivity contribution in [1.29, 1.82) is 0 Å². The lowest BCUT2D eigenvalue weighted by molar-refractivity contribution is -0.384. The van der Waals surface area contributed by atoms with Crippen LogP contribution < -0.4 is 10.6 Å². The smallest absolute Gasteiger partial charge is 0.270 e. The Hall–Kier alpha value is -2.14. The molecule has 23 heavy (non-hydrogen) atoms. The van der Waals surface area contributed by atoms with Crippen LogP contribution in [0.15, 0.2) is 18.2 Å². The van der Waals surface area contributed by atoms with E-state index in [4.69, 9.17) is 0 Å². The molecule has 1 aromatic carbocycles. The maximum absolute atomic E-state index is 11.1. The number of nitrogens with zero attached hydrogens (tertiary/aromatic N) is 2. The van der Waals surface area contributed by atoms with Crippen LogP contribution in [-0.2, 0) is 0 Å². The van der Waals surface area contributed by atoms with Crippen LogP contribution in [0, 0.1) is 10.1 Å². The van der Waals surface area contributed by atoms with E-state index in [1.807, 2.05) is 6.92 Å². The van der Waals surface area contributed by atoms with Crippen molar-refractivity contribution in [2.45, 2.75) is 46.1 Å². The SMILES string of the molecule is C=c1/c(=C(\C)CCC)c2cc([N+](=O)[O-])ccc2n1C(C)CCO. The number of aromatic nitrogens is 1. The Morgan fingerprint density at radius 3 is 2.74 bits per heavy atom. The molecule has 0 spiro atoms. The second-order valence-electron chi connectivity index (χ2n) is 6.04. The van der Waals surface area contributed by atoms with Crippen molar-refractivity contribution in [3.8, 4) is 0 Å². The number of rotatable bonds is 6. The van der Waals surface area contributed by atoms with Crippen molar-refractivity contribution in [2.75, 3.05) is 6.61 Å². The van der Waals surface area contributed by atoms with Crippen LogP contribution >= 0.6 is 0 Å². The zero-order chi connectivity index (χ0) is 17.1. The Kier molecular flexibility index (Phi) is 5.21. The third-order valence-corrected chi connectivity index (χ3v) is 4.34. The van der Waals surface area contributed by atoms with Crippen LogP contribution in [0.25, 0.3) is 23.1 Å². The number of nitro groups is 1. The van der Waals surface area contributed by atoms with E-state index in [0.29, 0.717) is 6.42 Å². The molecule has 0 bridgehead atoms. The number of benzene rings is 1. The molecule has 2 aromatic rings. The number of hydrogen-bond acceptors (Lipinski definition) is 3. The summed E-state index contributed by atoms with van der Waals surface area (Å²) in [4.78, 5) is 10.8. The van der Waals surface area contributed by atoms with E-state index in [0.717, 1.165) is 34.3 Å². The maximum Gasteiger partial charge on any atom is 0.270 e. The number of nitro benzene ring substituents is 1. The van der Waals surface area contributed by atoms with Gasteiger partial charge in [-0.3, -0.25) is 10.1 Å². The highest BCUT2D eigenvalue weighted by molar-refractivity contribution is 5.85. The van der Waals surface area contributed by atoms with Gasteiger partial charge in [-0.05, 0) is 32.8 Å². The van der Waals surface area contributed by atoms with Gasteiger partial charge in [-0.25, -0.2) is 0 Å². The standard InChI is InChI=1S/C18H24N2O3/c1-5-6-12(2)18-14(4)19(13(3)9-10-21)17-8-7-15(20(22)23)11-16(17)18/h7-8,11,13,21H,4-6,9-10H2,1-3H3/b18-12-. The molecule has 5 nitrogen and oxygen atoms in total. The first-order chi connectivity index (χ1) is 10.9. The molecular weight excluding hydrogens is 292 g/mol. The van der Waals surface area contributed by atoms with Crippen LogP contribution in [0.5, 0.6) is 0 Å². The van der Waals surface area contributed by atoms with E-state index in [-0.39, 0.29) is 23.3 Å². The Morgan fingerprint density at radius 2 is 2.17 bits per heavy atom. The molecule has 0 saturated heterocycles.